The number of fused-ring (bicyclic) bond motifs is 2. The Kier molecular flexibility index (Phi) is 4.02. The van der Waals surface area contributed by atoms with Gasteiger partial charge in [-0.25, -0.2) is 12.8 Å². The van der Waals surface area contributed by atoms with E-state index in [9.17, 15) is 22.7 Å². The molecule has 1 aromatic carbocycles. The SMILES string of the molecule is O=C1C2C(O)c3ncccc3S(=O)(=O)N2CCN1Cc1ccc(F)cc1. The van der Waals surface area contributed by atoms with Gasteiger partial charge in [-0.1, -0.05) is 12.1 Å². The van der Waals surface area contributed by atoms with Crippen molar-refractivity contribution in [3.8, 4) is 0 Å². The van der Waals surface area contributed by atoms with Crippen LogP contribution in [0.3, 0.4) is 0 Å². The largest absolute Gasteiger partial charge is 0.384 e. The second-order valence-corrected chi connectivity index (χ2v) is 8.14. The molecule has 2 aliphatic heterocycles. The number of sulfonamides is 1. The number of benzene rings is 1. The maximum atomic E-state index is 13.0. The van der Waals surface area contributed by atoms with E-state index in [4.69, 9.17) is 0 Å². The second-order valence-electron chi connectivity index (χ2n) is 6.28. The number of halogens is 1. The summed E-state index contributed by atoms with van der Waals surface area (Å²) in [6, 6.07) is 7.37. The third-order valence-corrected chi connectivity index (χ3v) is 6.65. The molecule has 2 aromatic rings. The van der Waals surface area contributed by atoms with Crippen molar-refractivity contribution in [3.63, 3.8) is 0 Å². The van der Waals surface area contributed by atoms with Gasteiger partial charge < -0.3 is 10.0 Å². The molecule has 1 aromatic heterocycles. The van der Waals surface area contributed by atoms with E-state index < -0.39 is 28.1 Å². The van der Waals surface area contributed by atoms with Crippen molar-refractivity contribution in [1.29, 1.82) is 0 Å². The van der Waals surface area contributed by atoms with E-state index in [1.165, 1.54) is 35.4 Å². The van der Waals surface area contributed by atoms with Crippen LogP contribution in [0.25, 0.3) is 0 Å². The zero-order valence-corrected chi connectivity index (χ0v) is 14.4. The van der Waals surface area contributed by atoms with Gasteiger partial charge in [0.25, 0.3) is 0 Å². The highest BCUT2D eigenvalue weighted by molar-refractivity contribution is 7.89. The Labute approximate surface area is 149 Å². The molecule has 136 valence electrons. The molecule has 2 aliphatic rings. The van der Waals surface area contributed by atoms with Gasteiger partial charge in [0.05, 0.1) is 5.69 Å². The van der Waals surface area contributed by atoms with Gasteiger partial charge >= 0.3 is 0 Å². The lowest BCUT2D eigenvalue weighted by Crippen LogP contribution is -2.62. The number of carbonyl (C=O) groups excluding carboxylic acids is 1. The van der Waals surface area contributed by atoms with Crippen molar-refractivity contribution in [2.75, 3.05) is 13.1 Å². The first-order chi connectivity index (χ1) is 12.4. The summed E-state index contributed by atoms with van der Waals surface area (Å²) in [7, 11) is -3.90. The predicted molar refractivity (Wildman–Crippen MR) is 88.7 cm³/mol. The number of nitrogens with zero attached hydrogens (tertiary/aromatic N) is 3. The maximum absolute atomic E-state index is 13.0. The van der Waals surface area contributed by atoms with Gasteiger partial charge in [-0.05, 0) is 29.8 Å². The number of hydrogen-bond acceptors (Lipinski definition) is 5. The molecule has 0 spiro atoms. The summed E-state index contributed by atoms with van der Waals surface area (Å²) in [6.07, 6.45) is 0.0508. The monoisotopic (exact) mass is 377 g/mol. The Balaban J connectivity index is 1.67. The molecule has 0 aliphatic carbocycles. The van der Waals surface area contributed by atoms with Crippen molar-refractivity contribution in [3.05, 3.63) is 59.7 Å². The normalized spacial score (nSPS) is 24.8. The molecule has 0 radical (unpaired) electrons. The first kappa shape index (κ1) is 17.1. The van der Waals surface area contributed by atoms with Crippen LogP contribution < -0.4 is 0 Å². The Hall–Kier alpha value is -2.36. The highest BCUT2D eigenvalue weighted by Gasteiger charge is 2.51. The molecule has 1 fully saturated rings. The summed E-state index contributed by atoms with van der Waals surface area (Å²) in [5.74, 6) is -0.866. The zero-order valence-electron chi connectivity index (χ0n) is 13.6. The van der Waals surface area contributed by atoms with Crippen LogP contribution in [0, 0.1) is 5.82 Å². The first-order valence-corrected chi connectivity index (χ1v) is 9.51. The van der Waals surface area contributed by atoms with Gasteiger partial charge in [0, 0.05) is 25.8 Å². The van der Waals surface area contributed by atoms with Crippen LogP contribution in [0.5, 0.6) is 0 Å². The van der Waals surface area contributed by atoms with Crippen molar-refractivity contribution in [1.82, 2.24) is 14.2 Å². The summed E-state index contributed by atoms with van der Waals surface area (Å²) in [5.41, 5.74) is 0.714. The third kappa shape index (κ3) is 2.59. The summed E-state index contributed by atoms with van der Waals surface area (Å²) >= 11 is 0. The van der Waals surface area contributed by atoms with Crippen LogP contribution >= 0.6 is 0 Å². The van der Waals surface area contributed by atoms with Crippen LogP contribution in [0.4, 0.5) is 4.39 Å². The van der Waals surface area contributed by atoms with E-state index in [1.807, 2.05) is 0 Å². The number of aliphatic hydroxyl groups excluding tert-OH is 1. The predicted octanol–water partition coefficient (Wildman–Crippen LogP) is 0.669. The number of hydrogen-bond donors (Lipinski definition) is 1. The standard InChI is InChI=1S/C17H16FN3O4S/c18-12-5-3-11(4-6-12)10-20-8-9-21-15(17(20)23)16(22)14-13(26(21,24)25)2-1-7-19-14/h1-7,15-16,22H,8-10H2. The Morgan fingerprint density at radius 3 is 2.65 bits per heavy atom. The number of rotatable bonds is 2. The summed E-state index contributed by atoms with van der Waals surface area (Å²) < 4.78 is 39.7. The number of amides is 1. The van der Waals surface area contributed by atoms with Crippen molar-refractivity contribution < 1.29 is 22.7 Å². The van der Waals surface area contributed by atoms with Crippen molar-refractivity contribution in [2.45, 2.75) is 23.6 Å². The molecule has 3 heterocycles. The molecule has 4 rings (SSSR count). The highest BCUT2D eigenvalue weighted by Crippen LogP contribution is 2.37. The smallest absolute Gasteiger partial charge is 0.245 e. The fourth-order valence-electron chi connectivity index (χ4n) is 3.43. The zero-order chi connectivity index (χ0) is 18.5. The minimum absolute atomic E-state index is 0.00858. The second kappa shape index (κ2) is 6.11. The number of aromatic nitrogens is 1. The fourth-order valence-corrected chi connectivity index (χ4v) is 5.19. The fraction of sp³-hybridized carbons (Fsp3) is 0.294. The molecular formula is C17H16FN3O4S. The van der Waals surface area contributed by atoms with E-state index >= 15 is 0 Å². The molecule has 1 N–H and O–H groups in total. The first-order valence-electron chi connectivity index (χ1n) is 8.07. The van der Waals surface area contributed by atoms with Crippen LogP contribution in [0.1, 0.15) is 17.4 Å². The molecule has 9 heteroatoms. The molecule has 2 unspecified atom stereocenters. The van der Waals surface area contributed by atoms with E-state index in [0.717, 1.165) is 9.87 Å². The molecule has 7 nitrogen and oxygen atoms in total. The molecule has 2 atom stereocenters. The molecule has 0 saturated carbocycles. The quantitative estimate of drug-likeness (QED) is 0.831. The van der Waals surface area contributed by atoms with Gasteiger partial charge in [-0.2, -0.15) is 4.31 Å². The number of piperazine rings is 1. The van der Waals surface area contributed by atoms with Gasteiger partial charge in [0.1, 0.15) is 22.9 Å². The lowest BCUT2D eigenvalue weighted by Gasteiger charge is -2.44. The lowest BCUT2D eigenvalue weighted by molar-refractivity contribution is -0.144. The molecular weight excluding hydrogens is 361 g/mol. The summed E-state index contributed by atoms with van der Waals surface area (Å²) in [6.45, 7) is 0.477. The van der Waals surface area contributed by atoms with E-state index in [1.54, 1.807) is 12.1 Å². The van der Waals surface area contributed by atoms with Gasteiger partial charge in [-0.3, -0.25) is 9.78 Å². The number of pyridine rings is 1. The van der Waals surface area contributed by atoms with Gasteiger partial charge in [0.2, 0.25) is 15.9 Å². The summed E-state index contributed by atoms with van der Waals surface area (Å²) in [5, 5.41) is 10.6. The van der Waals surface area contributed by atoms with Gasteiger partial charge in [-0.15, -0.1) is 0 Å². The minimum atomic E-state index is -3.90. The summed E-state index contributed by atoms with van der Waals surface area (Å²) in [4.78, 5) is 18.3. The Bertz CT molecular complexity index is 964. The highest BCUT2D eigenvalue weighted by atomic mass is 32.2. The van der Waals surface area contributed by atoms with E-state index in [2.05, 4.69) is 4.98 Å². The Morgan fingerprint density at radius 1 is 1.19 bits per heavy atom. The number of carbonyl (C=O) groups is 1. The maximum Gasteiger partial charge on any atom is 0.245 e. The molecule has 0 bridgehead atoms. The average molecular weight is 377 g/mol. The van der Waals surface area contributed by atoms with E-state index in [0.29, 0.717) is 0 Å². The minimum Gasteiger partial charge on any atom is -0.384 e. The molecule has 1 amide bonds. The molecule has 26 heavy (non-hydrogen) atoms. The van der Waals surface area contributed by atoms with Crippen LogP contribution in [-0.2, 0) is 21.4 Å². The van der Waals surface area contributed by atoms with Crippen molar-refractivity contribution in [2.24, 2.45) is 0 Å². The van der Waals surface area contributed by atoms with Gasteiger partial charge in [0.15, 0.2) is 0 Å². The van der Waals surface area contributed by atoms with Crippen LogP contribution in [0.2, 0.25) is 0 Å². The average Bonchev–Trinajstić information content (AvgIpc) is 2.63. The van der Waals surface area contributed by atoms with Crippen LogP contribution in [0.15, 0.2) is 47.5 Å². The van der Waals surface area contributed by atoms with Crippen LogP contribution in [-0.4, -0.2) is 52.8 Å². The Morgan fingerprint density at radius 2 is 1.92 bits per heavy atom. The van der Waals surface area contributed by atoms with Crippen molar-refractivity contribution >= 4 is 15.9 Å². The topological polar surface area (TPSA) is 90.8 Å². The number of aliphatic hydroxyl groups is 1. The third-order valence-electron chi connectivity index (χ3n) is 4.72. The lowest BCUT2D eigenvalue weighted by atomic mass is 10.0. The van der Waals surface area contributed by atoms with E-state index in [-0.39, 0.29) is 36.0 Å². The molecule has 1 saturated heterocycles.